The molecule has 1 saturated heterocycles. The zero-order valence-corrected chi connectivity index (χ0v) is 8.43. The molecular weight excluding hydrogens is 208 g/mol. The highest BCUT2D eigenvalue weighted by molar-refractivity contribution is 5.88. The first-order valence-electron chi connectivity index (χ1n) is 5.00. The Bertz CT molecular complexity index is 576. The van der Waals surface area contributed by atoms with Crippen LogP contribution >= 0.6 is 0 Å². The number of nitrogens with one attached hydrogen (secondary N) is 2. The van der Waals surface area contributed by atoms with Crippen molar-refractivity contribution in [2.24, 2.45) is 0 Å². The van der Waals surface area contributed by atoms with Crippen molar-refractivity contribution >= 4 is 16.6 Å². The molecule has 0 atom stereocenters. The second-order valence-corrected chi connectivity index (χ2v) is 3.70. The lowest BCUT2D eigenvalue weighted by Gasteiger charge is -2.27. The molecular formula is C10H10N4O2. The Labute approximate surface area is 90.7 Å². The van der Waals surface area contributed by atoms with Crippen molar-refractivity contribution in [1.29, 1.82) is 0 Å². The number of hydrogen-bond donors (Lipinski definition) is 2. The number of pyridine rings is 1. The number of H-pyrrole nitrogens is 1. The molecule has 82 valence electrons. The molecule has 0 aromatic carbocycles. The number of aromatic nitrogens is 3. The number of hydrogen-bond acceptors (Lipinski definition) is 5. The van der Waals surface area contributed by atoms with Gasteiger partial charge in [0.2, 0.25) is 0 Å². The molecule has 2 N–H and O–H groups in total. The minimum atomic E-state index is -0.168. The third-order valence-corrected chi connectivity index (χ3v) is 2.55. The van der Waals surface area contributed by atoms with Crippen molar-refractivity contribution in [3.8, 4) is 0 Å². The van der Waals surface area contributed by atoms with Crippen molar-refractivity contribution < 1.29 is 4.74 Å². The van der Waals surface area contributed by atoms with E-state index in [0.717, 1.165) is 5.39 Å². The van der Waals surface area contributed by atoms with Crippen LogP contribution in [0.1, 0.15) is 0 Å². The molecule has 0 radical (unpaired) electrons. The van der Waals surface area contributed by atoms with Gasteiger partial charge in [0, 0.05) is 17.8 Å². The summed E-state index contributed by atoms with van der Waals surface area (Å²) in [5.41, 5.74) is 0.969. The molecule has 2 aromatic rings. The second-order valence-electron chi connectivity index (χ2n) is 3.70. The van der Waals surface area contributed by atoms with Gasteiger partial charge in [0.25, 0.3) is 5.56 Å². The highest BCUT2D eigenvalue weighted by Gasteiger charge is 2.20. The van der Waals surface area contributed by atoms with Crippen LogP contribution in [-0.2, 0) is 4.74 Å². The molecule has 0 bridgehead atoms. The maximum absolute atomic E-state index is 11.7. The van der Waals surface area contributed by atoms with E-state index >= 15 is 0 Å². The lowest BCUT2D eigenvalue weighted by molar-refractivity contribution is 0.0211. The van der Waals surface area contributed by atoms with E-state index in [1.54, 1.807) is 12.4 Å². The van der Waals surface area contributed by atoms with E-state index in [-0.39, 0.29) is 11.6 Å². The largest absolute Gasteiger partial charge is 0.377 e. The molecule has 3 heterocycles. The number of fused-ring (bicyclic) bond motifs is 1. The highest BCUT2D eigenvalue weighted by Crippen LogP contribution is 2.17. The molecule has 0 unspecified atom stereocenters. The van der Waals surface area contributed by atoms with Crippen molar-refractivity contribution in [2.45, 2.75) is 6.04 Å². The fourth-order valence-electron chi connectivity index (χ4n) is 1.63. The van der Waals surface area contributed by atoms with Gasteiger partial charge in [0.1, 0.15) is 17.5 Å². The third-order valence-electron chi connectivity index (χ3n) is 2.55. The van der Waals surface area contributed by atoms with E-state index in [9.17, 15) is 4.79 Å². The molecule has 0 saturated carbocycles. The average Bonchev–Trinajstić information content (AvgIpc) is 2.25. The Balaban J connectivity index is 2.12. The second kappa shape index (κ2) is 3.57. The molecule has 0 aliphatic carbocycles. The molecule has 0 amide bonds. The van der Waals surface area contributed by atoms with Crippen molar-refractivity contribution in [2.75, 3.05) is 18.5 Å². The Hall–Kier alpha value is -1.95. The normalized spacial score (nSPS) is 16.0. The quantitative estimate of drug-likeness (QED) is 0.748. The van der Waals surface area contributed by atoms with Gasteiger partial charge < -0.3 is 15.0 Å². The summed E-state index contributed by atoms with van der Waals surface area (Å²) in [5, 5.41) is 3.94. The zero-order valence-electron chi connectivity index (χ0n) is 8.43. The highest BCUT2D eigenvalue weighted by atomic mass is 16.5. The topological polar surface area (TPSA) is 79.9 Å². The van der Waals surface area contributed by atoms with Crippen LogP contribution < -0.4 is 10.9 Å². The molecule has 16 heavy (non-hydrogen) atoms. The van der Waals surface area contributed by atoms with Crippen LogP contribution in [0.2, 0.25) is 0 Å². The summed E-state index contributed by atoms with van der Waals surface area (Å²) < 4.78 is 5.05. The van der Waals surface area contributed by atoms with E-state index in [0.29, 0.717) is 24.4 Å². The van der Waals surface area contributed by atoms with Crippen LogP contribution in [-0.4, -0.2) is 34.2 Å². The fourth-order valence-corrected chi connectivity index (χ4v) is 1.63. The molecule has 3 rings (SSSR count). The lowest BCUT2D eigenvalue weighted by Crippen LogP contribution is -2.41. The van der Waals surface area contributed by atoms with Gasteiger partial charge in [-0.3, -0.25) is 4.79 Å². The van der Waals surface area contributed by atoms with Crippen molar-refractivity contribution in [1.82, 2.24) is 15.0 Å². The maximum Gasteiger partial charge on any atom is 0.273 e. The Morgan fingerprint density at radius 3 is 3.12 bits per heavy atom. The van der Waals surface area contributed by atoms with Crippen LogP contribution in [0.3, 0.4) is 0 Å². The zero-order chi connectivity index (χ0) is 11.0. The number of ether oxygens (including phenoxy) is 1. The smallest absolute Gasteiger partial charge is 0.273 e. The number of aromatic amines is 1. The van der Waals surface area contributed by atoms with Crippen LogP contribution in [0.5, 0.6) is 0 Å². The van der Waals surface area contributed by atoms with Crippen molar-refractivity contribution in [3.05, 3.63) is 29.1 Å². The minimum absolute atomic E-state index is 0.168. The standard InChI is InChI=1S/C10H10N4O2/c15-10-9(14-7-3-16-4-7)8-6(2-12-10)1-11-5-13-8/h1-2,5,7,14H,3-4H2,(H,12,15). The summed E-state index contributed by atoms with van der Waals surface area (Å²) >= 11 is 0. The predicted molar refractivity (Wildman–Crippen MR) is 58.4 cm³/mol. The summed E-state index contributed by atoms with van der Waals surface area (Å²) in [4.78, 5) is 22.4. The third kappa shape index (κ3) is 1.43. The van der Waals surface area contributed by atoms with E-state index in [1.807, 2.05) is 0 Å². The van der Waals surface area contributed by atoms with E-state index < -0.39 is 0 Å². The molecule has 1 aliphatic rings. The lowest BCUT2D eigenvalue weighted by atomic mass is 10.2. The number of anilines is 1. The van der Waals surface area contributed by atoms with Crippen LogP contribution in [0.25, 0.3) is 10.9 Å². The molecule has 6 nitrogen and oxygen atoms in total. The summed E-state index contributed by atoms with van der Waals surface area (Å²) in [6.45, 7) is 1.25. The predicted octanol–water partition coefficient (Wildman–Crippen LogP) is 0.129. The van der Waals surface area contributed by atoms with Gasteiger partial charge in [0.15, 0.2) is 0 Å². The monoisotopic (exact) mass is 218 g/mol. The molecule has 2 aromatic heterocycles. The van der Waals surface area contributed by atoms with Gasteiger partial charge >= 0.3 is 0 Å². The van der Waals surface area contributed by atoms with Gasteiger partial charge in [-0.05, 0) is 0 Å². The first-order valence-corrected chi connectivity index (χ1v) is 5.00. The molecule has 1 aliphatic heterocycles. The molecule has 0 spiro atoms. The molecule has 6 heteroatoms. The van der Waals surface area contributed by atoms with E-state index in [4.69, 9.17) is 4.74 Å². The molecule has 1 fully saturated rings. The van der Waals surface area contributed by atoms with Gasteiger partial charge in [0.05, 0.1) is 19.3 Å². The van der Waals surface area contributed by atoms with Crippen molar-refractivity contribution in [3.63, 3.8) is 0 Å². The fraction of sp³-hybridized carbons (Fsp3) is 0.300. The first-order chi connectivity index (χ1) is 7.84. The number of nitrogens with zero attached hydrogens (tertiary/aromatic N) is 2. The maximum atomic E-state index is 11.7. The van der Waals surface area contributed by atoms with Gasteiger partial charge in [-0.1, -0.05) is 0 Å². The average molecular weight is 218 g/mol. The summed E-state index contributed by atoms with van der Waals surface area (Å²) in [5.74, 6) is 0. The first kappa shape index (κ1) is 9.29. The van der Waals surface area contributed by atoms with E-state index in [1.165, 1.54) is 6.33 Å². The SMILES string of the molecule is O=c1[nH]cc2cncnc2c1NC1COC1. The van der Waals surface area contributed by atoms with Gasteiger partial charge in [-0.25, -0.2) is 9.97 Å². The van der Waals surface area contributed by atoms with Crippen LogP contribution in [0.4, 0.5) is 5.69 Å². The van der Waals surface area contributed by atoms with Gasteiger partial charge in [-0.15, -0.1) is 0 Å². The Morgan fingerprint density at radius 1 is 1.50 bits per heavy atom. The van der Waals surface area contributed by atoms with E-state index in [2.05, 4.69) is 20.3 Å². The Kier molecular flexibility index (Phi) is 2.07. The summed E-state index contributed by atoms with van der Waals surface area (Å²) in [6.07, 6.45) is 4.71. The summed E-state index contributed by atoms with van der Waals surface area (Å²) in [6, 6.07) is 0.196. The number of rotatable bonds is 2. The Morgan fingerprint density at radius 2 is 2.38 bits per heavy atom. The van der Waals surface area contributed by atoms with Crippen LogP contribution in [0.15, 0.2) is 23.5 Å². The van der Waals surface area contributed by atoms with Crippen LogP contribution in [0, 0.1) is 0 Å². The van der Waals surface area contributed by atoms with Gasteiger partial charge in [-0.2, -0.15) is 0 Å². The minimum Gasteiger partial charge on any atom is -0.377 e. The summed E-state index contributed by atoms with van der Waals surface area (Å²) in [7, 11) is 0.